The first-order valence-electron chi connectivity index (χ1n) is 9.20. The molecule has 4 nitrogen and oxygen atoms in total. The van der Waals surface area contributed by atoms with Crippen molar-refractivity contribution in [2.24, 2.45) is 0 Å². The topological polar surface area (TPSA) is 44.8 Å². The third-order valence-electron chi connectivity index (χ3n) is 3.22. The van der Waals surface area contributed by atoms with Crippen LogP contribution in [0.25, 0.3) is 0 Å². The van der Waals surface area contributed by atoms with Gasteiger partial charge in [0.05, 0.1) is 12.0 Å². The smallest absolute Gasteiger partial charge is 0.306 e. The van der Waals surface area contributed by atoms with Crippen molar-refractivity contribution < 1.29 is 19.3 Å². The standard InChI is InChI=1S/C19H38O4S/c1-8-9-10-11-13-24-14-12-17(20)21-16(2)15-19(6,7)23-22-18(3,4)5/h16H,8-15H2,1-7H3. The van der Waals surface area contributed by atoms with Crippen LogP contribution >= 0.6 is 11.8 Å². The summed E-state index contributed by atoms with van der Waals surface area (Å²) in [6.07, 6.45) is 5.97. The Hall–Kier alpha value is -0.260. The molecule has 0 radical (unpaired) electrons. The summed E-state index contributed by atoms with van der Waals surface area (Å²) in [6, 6.07) is 0. The largest absolute Gasteiger partial charge is 0.463 e. The second-order valence-electron chi connectivity index (χ2n) is 7.97. The van der Waals surface area contributed by atoms with Crippen LogP contribution in [0.3, 0.4) is 0 Å². The molecular weight excluding hydrogens is 324 g/mol. The van der Waals surface area contributed by atoms with Gasteiger partial charge in [-0.1, -0.05) is 26.2 Å². The maximum Gasteiger partial charge on any atom is 0.306 e. The summed E-state index contributed by atoms with van der Waals surface area (Å²) in [5.41, 5.74) is -0.855. The lowest BCUT2D eigenvalue weighted by molar-refractivity contribution is -0.399. The average Bonchev–Trinajstić information content (AvgIpc) is 2.43. The monoisotopic (exact) mass is 362 g/mol. The summed E-state index contributed by atoms with van der Waals surface area (Å²) >= 11 is 1.84. The van der Waals surface area contributed by atoms with Gasteiger partial charge in [0.2, 0.25) is 0 Å². The lowest BCUT2D eigenvalue weighted by Gasteiger charge is -2.30. The molecule has 0 heterocycles. The van der Waals surface area contributed by atoms with Gasteiger partial charge in [-0.2, -0.15) is 11.8 Å². The van der Waals surface area contributed by atoms with E-state index < -0.39 is 5.60 Å². The number of ether oxygens (including phenoxy) is 1. The highest BCUT2D eigenvalue weighted by molar-refractivity contribution is 7.99. The molecule has 1 atom stereocenters. The number of esters is 1. The third kappa shape index (κ3) is 15.3. The van der Waals surface area contributed by atoms with Gasteiger partial charge in [-0.05, 0) is 53.7 Å². The average molecular weight is 363 g/mol. The summed E-state index contributed by atoms with van der Waals surface area (Å²) < 4.78 is 5.48. The van der Waals surface area contributed by atoms with Crippen molar-refractivity contribution in [3.05, 3.63) is 0 Å². The minimum atomic E-state index is -0.499. The van der Waals surface area contributed by atoms with E-state index in [-0.39, 0.29) is 17.7 Å². The Kier molecular flexibility index (Phi) is 12.0. The predicted molar refractivity (Wildman–Crippen MR) is 102 cm³/mol. The van der Waals surface area contributed by atoms with E-state index in [0.29, 0.717) is 12.8 Å². The normalized spacial score (nSPS) is 13.8. The molecule has 0 amide bonds. The van der Waals surface area contributed by atoms with Crippen molar-refractivity contribution >= 4 is 17.7 Å². The lowest BCUT2D eigenvalue weighted by atomic mass is 10.0. The van der Waals surface area contributed by atoms with E-state index in [0.717, 1.165) is 11.5 Å². The number of unbranched alkanes of at least 4 members (excludes halogenated alkanes) is 3. The van der Waals surface area contributed by atoms with E-state index in [1.807, 2.05) is 53.3 Å². The Morgan fingerprint density at radius 2 is 1.67 bits per heavy atom. The first-order chi connectivity index (χ1) is 11.1. The minimum Gasteiger partial charge on any atom is -0.463 e. The summed E-state index contributed by atoms with van der Waals surface area (Å²) in [4.78, 5) is 22.8. The highest BCUT2D eigenvalue weighted by atomic mass is 32.2. The van der Waals surface area contributed by atoms with Gasteiger partial charge >= 0.3 is 5.97 Å². The predicted octanol–water partition coefficient (Wildman–Crippen LogP) is 5.54. The summed E-state index contributed by atoms with van der Waals surface area (Å²) in [5, 5.41) is 0. The van der Waals surface area contributed by atoms with Crippen LogP contribution in [-0.4, -0.2) is 34.8 Å². The van der Waals surface area contributed by atoms with Crippen molar-refractivity contribution in [2.45, 2.75) is 104 Å². The first-order valence-corrected chi connectivity index (χ1v) is 10.4. The summed E-state index contributed by atoms with van der Waals surface area (Å²) in [7, 11) is 0. The van der Waals surface area contributed by atoms with Gasteiger partial charge in [-0.3, -0.25) is 4.79 Å². The minimum absolute atomic E-state index is 0.129. The molecule has 0 aromatic carbocycles. The van der Waals surface area contributed by atoms with Crippen LogP contribution in [0, 0.1) is 0 Å². The van der Waals surface area contributed by atoms with Gasteiger partial charge in [0.25, 0.3) is 0 Å². The molecule has 1 unspecified atom stereocenters. The number of hydrogen-bond acceptors (Lipinski definition) is 5. The van der Waals surface area contributed by atoms with Crippen LogP contribution < -0.4 is 0 Å². The molecule has 0 bridgehead atoms. The highest BCUT2D eigenvalue weighted by Gasteiger charge is 2.27. The number of hydrogen-bond donors (Lipinski definition) is 0. The Morgan fingerprint density at radius 1 is 1.00 bits per heavy atom. The highest BCUT2D eigenvalue weighted by Crippen LogP contribution is 2.22. The van der Waals surface area contributed by atoms with Gasteiger partial charge in [-0.25, -0.2) is 9.78 Å². The van der Waals surface area contributed by atoms with E-state index >= 15 is 0 Å². The van der Waals surface area contributed by atoms with Gasteiger partial charge in [0.1, 0.15) is 11.7 Å². The molecule has 0 aliphatic heterocycles. The Morgan fingerprint density at radius 3 is 2.25 bits per heavy atom. The molecule has 0 fully saturated rings. The van der Waals surface area contributed by atoms with E-state index in [1.165, 1.54) is 25.7 Å². The molecule has 0 aliphatic rings. The molecular formula is C19H38O4S. The fraction of sp³-hybridized carbons (Fsp3) is 0.947. The second kappa shape index (κ2) is 12.2. The summed E-state index contributed by atoms with van der Waals surface area (Å²) in [6.45, 7) is 13.8. The zero-order chi connectivity index (χ0) is 18.6. The Bertz CT molecular complexity index is 337. The molecule has 0 saturated heterocycles. The molecule has 144 valence electrons. The first kappa shape index (κ1) is 23.7. The number of carbonyl (C=O) groups is 1. The second-order valence-corrected chi connectivity index (χ2v) is 9.19. The van der Waals surface area contributed by atoms with Crippen LogP contribution in [0.4, 0.5) is 0 Å². The molecule has 0 saturated carbocycles. The van der Waals surface area contributed by atoms with Crippen LogP contribution in [-0.2, 0) is 19.3 Å². The van der Waals surface area contributed by atoms with Crippen molar-refractivity contribution in [3.63, 3.8) is 0 Å². The lowest BCUT2D eigenvalue weighted by Crippen LogP contribution is -2.34. The number of rotatable bonds is 13. The van der Waals surface area contributed by atoms with Gasteiger partial charge in [-0.15, -0.1) is 0 Å². The van der Waals surface area contributed by atoms with Crippen molar-refractivity contribution in [2.75, 3.05) is 11.5 Å². The van der Waals surface area contributed by atoms with Crippen LogP contribution in [0.1, 0.15) is 87.0 Å². The maximum absolute atomic E-state index is 11.9. The zero-order valence-corrected chi connectivity index (χ0v) is 17.6. The molecule has 0 aliphatic carbocycles. The molecule has 0 aromatic heterocycles. The van der Waals surface area contributed by atoms with Gasteiger partial charge < -0.3 is 4.74 Å². The van der Waals surface area contributed by atoms with E-state index in [2.05, 4.69) is 6.92 Å². The van der Waals surface area contributed by atoms with E-state index in [9.17, 15) is 4.79 Å². The van der Waals surface area contributed by atoms with Crippen LogP contribution in [0.2, 0.25) is 0 Å². The quantitative estimate of drug-likeness (QED) is 0.186. The molecule has 5 heteroatoms. The fourth-order valence-electron chi connectivity index (χ4n) is 2.18. The third-order valence-corrected chi connectivity index (χ3v) is 4.29. The molecule has 0 rings (SSSR count). The van der Waals surface area contributed by atoms with Crippen molar-refractivity contribution in [3.8, 4) is 0 Å². The maximum atomic E-state index is 11.9. The van der Waals surface area contributed by atoms with Crippen molar-refractivity contribution in [1.82, 2.24) is 0 Å². The van der Waals surface area contributed by atoms with Crippen LogP contribution in [0.5, 0.6) is 0 Å². The molecule has 0 aromatic rings. The Labute approximate surface area is 153 Å². The Balaban J connectivity index is 3.85. The molecule has 24 heavy (non-hydrogen) atoms. The van der Waals surface area contributed by atoms with E-state index in [1.54, 1.807) is 0 Å². The zero-order valence-electron chi connectivity index (χ0n) is 16.8. The van der Waals surface area contributed by atoms with E-state index in [4.69, 9.17) is 14.5 Å². The fourth-order valence-corrected chi connectivity index (χ4v) is 3.10. The van der Waals surface area contributed by atoms with Crippen molar-refractivity contribution in [1.29, 1.82) is 0 Å². The SMILES string of the molecule is CCCCCCSCCC(=O)OC(C)CC(C)(C)OOC(C)(C)C. The molecule has 0 N–H and O–H groups in total. The van der Waals surface area contributed by atoms with Gasteiger partial charge in [0.15, 0.2) is 0 Å². The molecule has 0 spiro atoms. The van der Waals surface area contributed by atoms with Crippen LogP contribution in [0.15, 0.2) is 0 Å². The summed E-state index contributed by atoms with van der Waals surface area (Å²) in [5.74, 6) is 1.84. The number of thioether (sulfide) groups is 1. The van der Waals surface area contributed by atoms with Gasteiger partial charge in [0, 0.05) is 12.2 Å². The number of carbonyl (C=O) groups excluding carboxylic acids is 1.